The second-order valence-electron chi connectivity index (χ2n) is 5.20. The van der Waals surface area contributed by atoms with Crippen LogP contribution in [0, 0.1) is 18.6 Å². The standard InChI is InChI=1S/C17H15F2N3S/c1-11-5-3-4-6-16(11)22-10-20-21-17(22)23-12(2)14-8-7-13(18)9-15(14)19/h3-10,12H,1-2H3/t12-/m0/s1. The van der Waals surface area contributed by atoms with Gasteiger partial charge >= 0.3 is 0 Å². The summed E-state index contributed by atoms with van der Waals surface area (Å²) in [6.45, 7) is 3.87. The van der Waals surface area contributed by atoms with Gasteiger partial charge in [0.2, 0.25) is 0 Å². The molecule has 2 aromatic carbocycles. The number of nitrogens with zero attached hydrogens (tertiary/aromatic N) is 3. The van der Waals surface area contributed by atoms with Gasteiger partial charge in [-0.25, -0.2) is 8.78 Å². The number of hydrogen-bond donors (Lipinski definition) is 0. The minimum absolute atomic E-state index is 0.220. The Labute approximate surface area is 137 Å². The number of para-hydroxylation sites is 1. The van der Waals surface area contributed by atoms with Crippen molar-refractivity contribution in [2.24, 2.45) is 0 Å². The van der Waals surface area contributed by atoms with Crippen LogP contribution < -0.4 is 0 Å². The van der Waals surface area contributed by atoms with Crippen molar-refractivity contribution >= 4 is 11.8 Å². The normalized spacial score (nSPS) is 12.3. The zero-order valence-corrected chi connectivity index (χ0v) is 13.5. The minimum atomic E-state index is -0.577. The van der Waals surface area contributed by atoms with Crippen LogP contribution in [-0.2, 0) is 0 Å². The van der Waals surface area contributed by atoms with E-state index in [-0.39, 0.29) is 5.25 Å². The molecular weight excluding hydrogens is 316 g/mol. The number of halogens is 2. The van der Waals surface area contributed by atoms with Crippen LogP contribution in [-0.4, -0.2) is 14.8 Å². The third-order valence-electron chi connectivity index (χ3n) is 3.57. The van der Waals surface area contributed by atoms with Crippen molar-refractivity contribution in [1.82, 2.24) is 14.8 Å². The van der Waals surface area contributed by atoms with Gasteiger partial charge in [-0.3, -0.25) is 4.57 Å². The molecule has 0 spiro atoms. The van der Waals surface area contributed by atoms with Crippen LogP contribution in [0.4, 0.5) is 8.78 Å². The first kappa shape index (κ1) is 15.7. The second kappa shape index (κ2) is 6.50. The molecule has 0 N–H and O–H groups in total. The summed E-state index contributed by atoms with van der Waals surface area (Å²) in [5.41, 5.74) is 2.51. The van der Waals surface area contributed by atoms with Crippen LogP contribution in [0.2, 0.25) is 0 Å². The molecule has 1 heterocycles. The average Bonchev–Trinajstić information content (AvgIpc) is 2.95. The zero-order chi connectivity index (χ0) is 16.4. The van der Waals surface area contributed by atoms with Crippen molar-refractivity contribution in [3.63, 3.8) is 0 Å². The number of rotatable bonds is 4. The minimum Gasteiger partial charge on any atom is -0.276 e. The molecule has 0 fully saturated rings. The number of thioether (sulfide) groups is 1. The Hall–Kier alpha value is -2.21. The van der Waals surface area contributed by atoms with Gasteiger partial charge in [-0.1, -0.05) is 36.0 Å². The Morgan fingerprint density at radius 2 is 1.91 bits per heavy atom. The molecule has 1 aromatic heterocycles. The molecule has 3 nitrogen and oxygen atoms in total. The van der Waals surface area contributed by atoms with Gasteiger partial charge in [-0.15, -0.1) is 10.2 Å². The number of aromatic nitrogens is 3. The molecule has 0 bridgehead atoms. The lowest BCUT2D eigenvalue weighted by Crippen LogP contribution is -2.00. The first-order valence-corrected chi connectivity index (χ1v) is 8.02. The van der Waals surface area contributed by atoms with E-state index in [1.54, 1.807) is 6.33 Å². The molecule has 0 saturated carbocycles. The Bertz CT molecular complexity index is 832. The molecule has 6 heteroatoms. The molecular formula is C17H15F2N3S. The van der Waals surface area contributed by atoms with Crippen LogP contribution in [0.5, 0.6) is 0 Å². The Kier molecular flexibility index (Phi) is 4.43. The van der Waals surface area contributed by atoms with Gasteiger partial charge < -0.3 is 0 Å². The van der Waals surface area contributed by atoms with Crippen molar-refractivity contribution < 1.29 is 8.78 Å². The van der Waals surface area contributed by atoms with Crippen molar-refractivity contribution in [3.8, 4) is 5.69 Å². The highest BCUT2D eigenvalue weighted by atomic mass is 32.2. The van der Waals surface area contributed by atoms with E-state index in [0.717, 1.165) is 17.3 Å². The first-order valence-electron chi connectivity index (χ1n) is 7.14. The fourth-order valence-electron chi connectivity index (χ4n) is 2.36. The number of aryl methyl sites for hydroxylation is 1. The quantitative estimate of drug-likeness (QED) is 0.649. The van der Waals surface area contributed by atoms with E-state index < -0.39 is 11.6 Å². The molecule has 0 amide bonds. The van der Waals surface area contributed by atoms with E-state index in [4.69, 9.17) is 0 Å². The largest absolute Gasteiger partial charge is 0.276 e. The predicted molar refractivity (Wildman–Crippen MR) is 86.7 cm³/mol. The summed E-state index contributed by atoms with van der Waals surface area (Å²) in [6, 6.07) is 11.5. The van der Waals surface area contributed by atoms with Crippen LogP contribution in [0.1, 0.15) is 23.3 Å². The smallest absolute Gasteiger partial charge is 0.196 e. The summed E-state index contributed by atoms with van der Waals surface area (Å²) in [4.78, 5) is 0. The molecule has 23 heavy (non-hydrogen) atoms. The van der Waals surface area contributed by atoms with Crippen molar-refractivity contribution in [3.05, 3.63) is 71.6 Å². The predicted octanol–water partition coefficient (Wildman–Crippen LogP) is 4.71. The van der Waals surface area contributed by atoms with Gasteiger partial charge in [0.05, 0.1) is 5.69 Å². The highest BCUT2D eigenvalue weighted by molar-refractivity contribution is 7.99. The molecule has 0 aliphatic carbocycles. The average molecular weight is 331 g/mol. The molecule has 0 unspecified atom stereocenters. The monoisotopic (exact) mass is 331 g/mol. The van der Waals surface area contributed by atoms with Gasteiger partial charge in [0.25, 0.3) is 0 Å². The molecule has 1 atom stereocenters. The third-order valence-corrected chi connectivity index (χ3v) is 4.67. The second-order valence-corrected chi connectivity index (χ2v) is 6.50. The summed E-state index contributed by atoms with van der Waals surface area (Å²) in [5.74, 6) is -1.13. The van der Waals surface area contributed by atoms with E-state index in [2.05, 4.69) is 10.2 Å². The summed E-state index contributed by atoms with van der Waals surface area (Å²) in [6.07, 6.45) is 1.64. The fourth-order valence-corrected chi connectivity index (χ4v) is 3.34. The van der Waals surface area contributed by atoms with E-state index in [1.807, 2.05) is 42.7 Å². The van der Waals surface area contributed by atoms with Crippen LogP contribution in [0.25, 0.3) is 5.69 Å². The van der Waals surface area contributed by atoms with Crippen molar-refractivity contribution in [1.29, 1.82) is 0 Å². The Balaban J connectivity index is 1.90. The highest BCUT2D eigenvalue weighted by Crippen LogP contribution is 2.36. The number of hydrogen-bond acceptors (Lipinski definition) is 3. The Morgan fingerprint density at radius 3 is 2.65 bits per heavy atom. The molecule has 118 valence electrons. The topological polar surface area (TPSA) is 30.7 Å². The molecule has 0 aliphatic heterocycles. The van der Waals surface area contributed by atoms with E-state index in [9.17, 15) is 8.78 Å². The highest BCUT2D eigenvalue weighted by Gasteiger charge is 2.17. The first-order chi connectivity index (χ1) is 11.1. The van der Waals surface area contributed by atoms with Gasteiger partial charge in [0, 0.05) is 16.9 Å². The van der Waals surface area contributed by atoms with Crippen LogP contribution >= 0.6 is 11.8 Å². The maximum absolute atomic E-state index is 13.9. The third kappa shape index (κ3) is 3.27. The molecule has 0 saturated heterocycles. The zero-order valence-electron chi connectivity index (χ0n) is 12.7. The SMILES string of the molecule is Cc1ccccc1-n1cnnc1S[C@@H](C)c1ccc(F)cc1F. The van der Waals surface area contributed by atoms with Crippen LogP contribution in [0.3, 0.4) is 0 Å². The summed E-state index contributed by atoms with van der Waals surface area (Å²) < 4.78 is 28.8. The summed E-state index contributed by atoms with van der Waals surface area (Å²) >= 11 is 1.38. The Morgan fingerprint density at radius 1 is 1.13 bits per heavy atom. The van der Waals surface area contributed by atoms with Gasteiger partial charge in [-0.05, 0) is 31.5 Å². The molecule has 3 rings (SSSR count). The van der Waals surface area contributed by atoms with Crippen LogP contribution in [0.15, 0.2) is 53.9 Å². The van der Waals surface area contributed by atoms with Gasteiger partial charge in [0.15, 0.2) is 5.16 Å². The van der Waals surface area contributed by atoms with Crippen molar-refractivity contribution in [2.45, 2.75) is 24.3 Å². The molecule has 0 aliphatic rings. The lowest BCUT2D eigenvalue weighted by atomic mass is 10.1. The molecule has 3 aromatic rings. The van der Waals surface area contributed by atoms with Gasteiger partial charge in [0.1, 0.15) is 18.0 Å². The number of benzene rings is 2. The molecule has 0 radical (unpaired) electrons. The van der Waals surface area contributed by atoms with Gasteiger partial charge in [-0.2, -0.15) is 0 Å². The lowest BCUT2D eigenvalue weighted by Gasteiger charge is -2.14. The van der Waals surface area contributed by atoms with E-state index >= 15 is 0 Å². The van der Waals surface area contributed by atoms with Crippen molar-refractivity contribution in [2.75, 3.05) is 0 Å². The van der Waals surface area contributed by atoms with E-state index in [0.29, 0.717) is 10.7 Å². The fraction of sp³-hybridized carbons (Fsp3) is 0.176. The maximum atomic E-state index is 13.9. The summed E-state index contributed by atoms with van der Waals surface area (Å²) in [5, 5.41) is 8.53. The lowest BCUT2D eigenvalue weighted by molar-refractivity contribution is 0.572. The van der Waals surface area contributed by atoms with E-state index in [1.165, 1.54) is 23.9 Å². The maximum Gasteiger partial charge on any atom is 0.196 e. The summed E-state index contributed by atoms with van der Waals surface area (Å²) in [7, 11) is 0.